The summed E-state index contributed by atoms with van der Waals surface area (Å²) in [7, 11) is 0. The van der Waals surface area contributed by atoms with Gasteiger partial charge in [-0.1, -0.05) is 11.6 Å². The third-order valence-electron chi connectivity index (χ3n) is 2.52. The molecule has 0 aliphatic carbocycles. The van der Waals surface area contributed by atoms with Crippen LogP contribution in [-0.4, -0.2) is 22.7 Å². The highest BCUT2D eigenvalue weighted by molar-refractivity contribution is 6.37. The van der Waals surface area contributed by atoms with E-state index in [9.17, 15) is 19.1 Å². The van der Waals surface area contributed by atoms with E-state index in [2.05, 4.69) is 4.98 Å². The second kappa shape index (κ2) is 4.89. The summed E-state index contributed by atoms with van der Waals surface area (Å²) in [6, 6.07) is 2.30. The SMILES string of the molecule is CCOC(=O)c1c(O)c(=O)[nH]c2ccc(F)c(Cl)c12. The average molecular weight is 286 g/mol. The molecule has 0 atom stereocenters. The number of esters is 1. The molecule has 2 aromatic rings. The molecule has 0 fully saturated rings. The van der Waals surface area contributed by atoms with Crippen molar-refractivity contribution in [1.82, 2.24) is 4.98 Å². The molecule has 0 amide bonds. The maximum atomic E-state index is 13.5. The van der Waals surface area contributed by atoms with E-state index in [0.717, 1.165) is 6.07 Å². The Kier molecular flexibility index (Phi) is 3.44. The van der Waals surface area contributed by atoms with Crippen LogP contribution in [-0.2, 0) is 4.74 Å². The first-order valence-electron chi connectivity index (χ1n) is 5.37. The maximum absolute atomic E-state index is 13.5. The molecule has 0 saturated heterocycles. The lowest BCUT2D eigenvalue weighted by Crippen LogP contribution is -2.14. The molecule has 0 spiro atoms. The fourth-order valence-electron chi connectivity index (χ4n) is 1.71. The molecule has 0 saturated carbocycles. The third kappa shape index (κ3) is 2.15. The van der Waals surface area contributed by atoms with Crippen molar-refractivity contribution in [3.63, 3.8) is 0 Å². The number of carbonyl (C=O) groups is 1. The Bertz CT molecular complexity index is 726. The van der Waals surface area contributed by atoms with E-state index >= 15 is 0 Å². The summed E-state index contributed by atoms with van der Waals surface area (Å²) in [4.78, 5) is 25.6. The minimum atomic E-state index is -0.941. The normalized spacial score (nSPS) is 10.7. The number of ether oxygens (including phenoxy) is 1. The van der Waals surface area contributed by atoms with E-state index in [4.69, 9.17) is 16.3 Å². The largest absolute Gasteiger partial charge is 0.502 e. The number of carbonyl (C=O) groups excluding carboxylic acids is 1. The molecule has 0 aliphatic heterocycles. The van der Waals surface area contributed by atoms with E-state index in [1.54, 1.807) is 6.92 Å². The van der Waals surface area contributed by atoms with Crippen LogP contribution in [0, 0.1) is 5.82 Å². The molecule has 0 unspecified atom stereocenters. The van der Waals surface area contributed by atoms with E-state index in [0.29, 0.717) is 0 Å². The molecule has 2 rings (SSSR count). The number of H-pyrrole nitrogens is 1. The van der Waals surface area contributed by atoms with Crippen molar-refractivity contribution in [3.05, 3.63) is 38.9 Å². The lowest BCUT2D eigenvalue weighted by Gasteiger charge is -2.09. The van der Waals surface area contributed by atoms with Crippen molar-refractivity contribution >= 4 is 28.5 Å². The molecule has 100 valence electrons. The zero-order valence-electron chi connectivity index (χ0n) is 9.79. The van der Waals surface area contributed by atoms with Crippen molar-refractivity contribution in [3.8, 4) is 5.75 Å². The van der Waals surface area contributed by atoms with Crippen molar-refractivity contribution in [1.29, 1.82) is 0 Å². The number of aromatic hydroxyl groups is 1. The molecule has 1 heterocycles. The molecule has 19 heavy (non-hydrogen) atoms. The van der Waals surface area contributed by atoms with Gasteiger partial charge in [0.15, 0.2) is 5.75 Å². The van der Waals surface area contributed by atoms with Crippen molar-refractivity contribution in [2.75, 3.05) is 6.61 Å². The van der Waals surface area contributed by atoms with Gasteiger partial charge in [-0.05, 0) is 19.1 Å². The number of benzene rings is 1. The number of hydrogen-bond donors (Lipinski definition) is 2. The highest BCUT2D eigenvalue weighted by Gasteiger charge is 2.23. The predicted molar refractivity (Wildman–Crippen MR) is 67.2 cm³/mol. The average Bonchev–Trinajstić information content (AvgIpc) is 2.36. The molecule has 2 N–H and O–H groups in total. The van der Waals surface area contributed by atoms with Gasteiger partial charge in [-0.15, -0.1) is 0 Å². The zero-order chi connectivity index (χ0) is 14.2. The number of fused-ring (bicyclic) bond motifs is 1. The Morgan fingerprint density at radius 3 is 2.84 bits per heavy atom. The predicted octanol–water partition coefficient (Wildman–Crippen LogP) is 2.20. The molecule has 0 bridgehead atoms. The van der Waals surface area contributed by atoms with Crippen LogP contribution in [0.15, 0.2) is 16.9 Å². The highest BCUT2D eigenvalue weighted by atomic mass is 35.5. The number of nitrogens with one attached hydrogen (secondary N) is 1. The number of halogens is 2. The Labute approximate surface area is 111 Å². The summed E-state index contributed by atoms with van der Waals surface area (Å²) < 4.78 is 18.2. The van der Waals surface area contributed by atoms with Gasteiger partial charge in [0.05, 0.1) is 17.1 Å². The van der Waals surface area contributed by atoms with Gasteiger partial charge in [0.25, 0.3) is 5.56 Å². The summed E-state index contributed by atoms with van der Waals surface area (Å²) in [5.41, 5.74) is -1.18. The summed E-state index contributed by atoms with van der Waals surface area (Å²) in [5.74, 6) is -2.56. The fourth-order valence-corrected chi connectivity index (χ4v) is 1.97. The van der Waals surface area contributed by atoms with Crippen LogP contribution in [0.5, 0.6) is 5.75 Å². The van der Waals surface area contributed by atoms with Crippen molar-refractivity contribution in [2.24, 2.45) is 0 Å². The van der Waals surface area contributed by atoms with Crippen LogP contribution in [0.1, 0.15) is 17.3 Å². The maximum Gasteiger partial charge on any atom is 0.342 e. The van der Waals surface area contributed by atoms with Gasteiger partial charge in [-0.25, -0.2) is 9.18 Å². The van der Waals surface area contributed by atoms with Gasteiger partial charge in [0, 0.05) is 5.39 Å². The molecule has 5 nitrogen and oxygen atoms in total. The minimum Gasteiger partial charge on any atom is -0.502 e. The quantitative estimate of drug-likeness (QED) is 0.829. The lowest BCUT2D eigenvalue weighted by molar-refractivity contribution is 0.0525. The first-order chi connectivity index (χ1) is 8.97. The van der Waals surface area contributed by atoms with Gasteiger partial charge in [-0.2, -0.15) is 0 Å². The first kappa shape index (κ1) is 13.4. The van der Waals surface area contributed by atoms with Crippen LogP contribution in [0.2, 0.25) is 5.02 Å². The third-order valence-corrected chi connectivity index (χ3v) is 2.89. The summed E-state index contributed by atoms with van der Waals surface area (Å²) in [6.07, 6.45) is 0. The Morgan fingerprint density at radius 1 is 1.53 bits per heavy atom. The van der Waals surface area contributed by atoms with Crippen LogP contribution in [0.25, 0.3) is 10.9 Å². The van der Waals surface area contributed by atoms with Crippen LogP contribution < -0.4 is 5.56 Å². The van der Waals surface area contributed by atoms with Crippen LogP contribution in [0.3, 0.4) is 0 Å². The summed E-state index contributed by atoms with van der Waals surface area (Å²) >= 11 is 5.78. The Balaban J connectivity index is 2.92. The number of aromatic amines is 1. The van der Waals surface area contributed by atoms with E-state index in [-0.39, 0.29) is 22.5 Å². The molecule has 0 aliphatic rings. The summed E-state index contributed by atoms with van der Waals surface area (Å²) in [6.45, 7) is 1.60. The Hall–Kier alpha value is -2.08. The van der Waals surface area contributed by atoms with Gasteiger partial charge < -0.3 is 14.8 Å². The van der Waals surface area contributed by atoms with E-state index < -0.39 is 28.7 Å². The molecular weight excluding hydrogens is 277 g/mol. The van der Waals surface area contributed by atoms with Gasteiger partial charge in [0.1, 0.15) is 11.4 Å². The fraction of sp³-hybridized carbons (Fsp3) is 0.167. The minimum absolute atomic E-state index is 0.0412. The summed E-state index contributed by atoms with van der Waals surface area (Å²) in [5, 5.41) is 9.23. The first-order valence-corrected chi connectivity index (χ1v) is 5.75. The smallest absolute Gasteiger partial charge is 0.342 e. The van der Waals surface area contributed by atoms with Crippen molar-refractivity contribution < 1.29 is 19.0 Å². The second-order valence-electron chi connectivity index (χ2n) is 3.68. The molecule has 7 heteroatoms. The topological polar surface area (TPSA) is 79.4 Å². The molecule has 0 radical (unpaired) electrons. The van der Waals surface area contributed by atoms with Crippen LogP contribution in [0.4, 0.5) is 4.39 Å². The van der Waals surface area contributed by atoms with E-state index in [1.165, 1.54) is 6.07 Å². The van der Waals surface area contributed by atoms with Gasteiger partial charge >= 0.3 is 5.97 Å². The van der Waals surface area contributed by atoms with Gasteiger partial charge in [-0.3, -0.25) is 4.79 Å². The second-order valence-corrected chi connectivity index (χ2v) is 4.06. The lowest BCUT2D eigenvalue weighted by atomic mass is 10.1. The number of rotatable bonds is 2. The van der Waals surface area contributed by atoms with E-state index in [1.807, 2.05) is 0 Å². The number of pyridine rings is 1. The monoisotopic (exact) mass is 285 g/mol. The molecular formula is C12H9ClFNO4. The number of aromatic nitrogens is 1. The van der Waals surface area contributed by atoms with Crippen molar-refractivity contribution in [2.45, 2.75) is 6.92 Å². The van der Waals surface area contributed by atoms with Crippen LogP contribution >= 0.6 is 11.6 Å². The standard InChI is InChI=1S/C12H9ClFNO4/c1-2-19-12(18)8-7-6(15-11(17)10(8)16)4-3-5(14)9(7)13/h3-4,16H,2H2,1H3,(H,15,17). The molecule has 1 aromatic carbocycles. The van der Waals surface area contributed by atoms with Gasteiger partial charge in [0.2, 0.25) is 0 Å². The number of hydrogen-bond acceptors (Lipinski definition) is 4. The highest BCUT2D eigenvalue weighted by Crippen LogP contribution is 2.31. The molecule has 1 aromatic heterocycles. The zero-order valence-corrected chi connectivity index (χ0v) is 10.5. The Morgan fingerprint density at radius 2 is 2.21 bits per heavy atom.